The monoisotopic (exact) mass is 542 g/mol. The molecule has 0 radical (unpaired) electrons. The molecule has 162 valence electrons. The van der Waals surface area contributed by atoms with E-state index in [4.69, 9.17) is 4.42 Å². The zero-order valence-electron chi connectivity index (χ0n) is 17.2. The zero-order chi connectivity index (χ0) is 20.9. The van der Waals surface area contributed by atoms with Crippen LogP contribution < -0.4 is 15.4 Å². The fourth-order valence-corrected chi connectivity index (χ4v) is 3.98. The van der Waals surface area contributed by atoms with Crippen molar-refractivity contribution < 1.29 is 12.8 Å². The maximum atomic E-state index is 12.3. The summed E-state index contributed by atoms with van der Waals surface area (Å²) in [6.45, 7) is 5.05. The van der Waals surface area contributed by atoms with Gasteiger partial charge < -0.3 is 15.1 Å². The summed E-state index contributed by atoms with van der Waals surface area (Å²) in [5.41, 5.74) is 2.96. The first-order valence-corrected chi connectivity index (χ1v) is 10.9. The highest BCUT2D eigenvalue weighted by atomic mass is 127. The molecule has 0 bridgehead atoms. The highest BCUT2D eigenvalue weighted by molar-refractivity contribution is 14.0. The molecular weight excluding hydrogens is 515 g/mol. The van der Waals surface area contributed by atoms with Crippen LogP contribution in [0.5, 0.6) is 0 Å². The largest absolute Gasteiger partial charge is 0.459 e. The van der Waals surface area contributed by atoms with Gasteiger partial charge in [-0.25, -0.2) is 13.1 Å². The number of benzene rings is 2. The van der Waals surface area contributed by atoms with Crippen LogP contribution in [0.1, 0.15) is 16.9 Å². The lowest BCUT2D eigenvalue weighted by Gasteiger charge is -2.12. The van der Waals surface area contributed by atoms with Crippen LogP contribution in [0.3, 0.4) is 0 Å². The van der Waals surface area contributed by atoms with E-state index < -0.39 is 10.0 Å². The van der Waals surface area contributed by atoms with Gasteiger partial charge in [-0.1, -0.05) is 35.9 Å². The molecule has 0 fully saturated rings. The van der Waals surface area contributed by atoms with E-state index in [0.717, 1.165) is 27.9 Å². The highest BCUT2D eigenvalue weighted by Crippen LogP contribution is 2.24. The van der Waals surface area contributed by atoms with Gasteiger partial charge in [0.1, 0.15) is 11.3 Å². The van der Waals surface area contributed by atoms with Crippen LogP contribution in [0.25, 0.3) is 11.0 Å². The minimum absolute atomic E-state index is 0. The predicted octanol–water partition coefficient (Wildman–Crippen LogP) is 3.31. The number of halogens is 1. The average molecular weight is 542 g/mol. The van der Waals surface area contributed by atoms with Gasteiger partial charge in [-0.05, 0) is 32.0 Å². The first-order chi connectivity index (χ1) is 13.9. The van der Waals surface area contributed by atoms with E-state index in [1.165, 1.54) is 0 Å². The van der Waals surface area contributed by atoms with Crippen LogP contribution >= 0.6 is 24.0 Å². The van der Waals surface area contributed by atoms with Crippen LogP contribution in [0.2, 0.25) is 0 Å². The topological polar surface area (TPSA) is 95.7 Å². The number of aryl methyl sites for hydroxylation is 2. The first-order valence-electron chi connectivity index (χ1n) is 9.38. The van der Waals surface area contributed by atoms with Gasteiger partial charge in [0.2, 0.25) is 10.0 Å². The number of fused-ring (bicyclic) bond motifs is 1. The summed E-state index contributed by atoms with van der Waals surface area (Å²) in [5, 5.41) is 7.38. The van der Waals surface area contributed by atoms with E-state index in [1.54, 1.807) is 31.3 Å². The summed E-state index contributed by atoms with van der Waals surface area (Å²) in [5.74, 6) is 1.41. The molecule has 2 aromatic carbocycles. The van der Waals surface area contributed by atoms with Crippen LogP contribution in [0.15, 0.2) is 62.8 Å². The lowest BCUT2D eigenvalue weighted by atomic mass is 10.1. The van der Waals surface area contributed by atoms with E-state index in [9.17, 15) is 8.42 Å². The number of hydrogen-bond acceptors (Lipinski definition) is 4. The van der Waals surface area contributed by atoms with Crippen molar-refractivity contribution in [3.63, 3.8) is 0 Å². The molecule has 7 nitrogen and oxygen atoms in total. The Morgan fingerprint density at radius 1 is 1.00 bits per heavy atom. The third-order valence-electron chi connectivity index (χ3n) is 4.62. The van der Waals surface area contributed by atoms with E-state index in [-0.39, 0.29) is 35.4 Å². The third-order valence-corrected chi connectivity index (χ3v) is 6.10. The number of hydrogen-bond donors (Lipinski definition) is 3. The average Bonchev–Trinajstić information content (AvgIpc) is 3.04. The minimum Gasteiger partial charge on any atom is -0.459 e. The van der Waals surface area contributed by atoms with Gasteiger partial charge in [0.25, 0.3) is 0 Å². The summed E-state index contributed by atoms with van der Waals surface area (Å²) in [6, 6.07) is 14.7. The summed E-state index contributed by atoms with van der Waals surface area (Å²) in [6.07, 6.45) is 0. The van der Waals surface area contributed by atoms with Crippen molar-refractivity contribution in [3.8, 4) is 0 Å². The van der Waals surface area contributed by atoms with Crippen molar-refractivity contribution in [1.29, 1.82) is 0 Å². The second kappa shape index (κ2) is 10.8. The van der Waals surface area contributed by atoms with E-state index in [2.05, 4.69) is 20.3 Å². The number of furan rings is 1. The van der Waals surface area contributed by atoms with Gasteiger partial charge in [0, 0.05) is 31.1 Å². The number of nitrogens with zero attached hydrogens (tertiary/aromatic N) is 1. The molecule has 0 aliphatic rings. The molecule has 0 amide bonds. The fourth-order valence-electron chi connectivity index (χ4n) is 2.95. The normalized spacial score (nSPS) is 11.9. The maximum Gasteiger partial charge on any atom is 0.240 e. The van der Waals surface area contributed by atoms with Crippen LogP contribution in [0.4, 0.5) is 0 Å². The van der Waals surface area contributed by atoms with Crippen molar-refractivity contribution in [1.82, 2.24) is 15.4 Å². The lowest BCUT2D eigenvalue weighted by molar-refractivity contribution is 0.534. The van der Waals surface area contributed by atoms with Crippen molar-refractivity contribution in [3.05, 3.63) is 65.4 Å². The summed E-state index contributed by atoms with van der Waals surface area (Å²) < 4.78 is 33.1. The molecule has 0 unspecified atom stereocenters. The molecule has 0 saturated heterocycles. The number of para-hydroxylation sites is 1. The zero-order valence-corrected chi connectivity index (χ0v) is 20.4. The molecule has 3 rings (SSSR count). The predicted molar refractivity (Wildman–Crippen MR) is 131 cm³/mol. The first kappa shape index (κ1) is 24.2. The Bertz CT molecular complexity index is 1110. The summed E-state index contributed by atoms with van der Waals surface area (Å²) >= 11 is 0. The number of guanidine groups is 1. The molecule has 3 N–H and O–H groups in total. The van der Waals surface area contributed by atoms with Gasteiger partial charge >= 0.3 is 0 Å². The molecule has 0 aliphatic heterocycles. The van der Waals surface area contributed by atoms with E-state index in [1.807, 2.05) is 38.1 Å². The molecule has 0 aliphatic carbocycles. The van der Waals surface area contributed by atoms with Crippen molar-refractivity contribution in [2.75, 3.05) is 20.1 Å². The Labute approximate surface area is 194 Å². The van der Waals surface area contributed by atoms with Gasteiger partial charge in [-0.3, -0.25) is 4.99 Å². The number of rotatable bonds is 7. The van der Waals surface area contributed by atoms with Crippen molar-refractivity contribution in [2.45, 2.75) is 25.3 Å². The third kappa shape index (κ3) is 5.96. The van der Waals surface area contributed by atoms with E-state index >= 15 is 0 Å². The molecule has 0 saturated carbocycles. The van der Waals surface area contributed by atoms with Crippen LogP contribution in [-0.2, 0) is 16.6 Å². The molecule has 1 aromatic heterocycles. The maximum absolute atomic E-state index is 12.3. The van der Waals surface area contributed by atoms with Crippen molar-refractivity contribution in [2.24, 2.45) is 4.99 Å². The standard InChI is InChI=1S/C21H26N4O3S.HI/c1-15-8-10-17(11-9-15)29(26,27)25-13-12-23-21(22-3)24-14-20-16(2)18-6-4-5-7-19(18)28-20;/h4-11,25H,12-14H2,1-3H3,(H2,22,23,24);1H. The van der Waals surface area contributed by atoms with Crippen LogP contribution in [-0.4, -0.2) is 34.5 Å². The summed E-state index contributed by atoms with van der Waals surface area (Å²) in [7, 11) is -1.86. The van der Waals surface area contributed by atoms with Crippen molar-refractivity contribution >= 4 is 50.9 Å². The number of sulfonamides is 1. The molecular formula is C21H27IN4O3S. The van der Waals surface area contributed by atoms with Gasteiger partial charge in [-0.2, -0.15) is 0 Å². The molecule has 0 spiro atoms. The fraction of sp³-hybridized carbons (Fsp3) is 0.286. The molecule has 0 atom stereocenters. The van der Waals surface area contributed by atoms with Crippen LogP contribution in [0, 0.1) is 13.8 Å². The molecule has 9 heteroatoms. The van der Waals surface area contributed by atoms with Gasteiger partial charge in [0.15, 0.2) is 5.96 Å². The van der Waals surface area contributed by atoms with E-state index in [0.29, 0.717) is 19.0 Å². The highest BCUT2D eigenvalue weighted by Gasteiger charge is 2.13. The van der Waals surface area contributed by atoms with Gasteiger partial charge in [0.05, 0.1) is 11.4 Å². The minimum atomic E-state index is -3.52. The second-order valence-corrected chi connectivity index (χ2v) is 8.48. The Hall–Kier alpha value is -2.11. The smallest absolute Gasteiger partial charge is 0.240 e. The Kier molecular flexibility index (Phi) is 8.68. The Balaban J connectivity index is 0.00000320. The second-order valence-electron chi connectivity index (χ2n) is 6.71. The number of nitrogens with one attached hydrogen (secondary N) is 3. The lowest BCUT2D eigenvalue weighted by Crippen LogP contribution is -2.41. The molecule has 1 heterocycles. The number of aliphatic imine (C=N–C) groups is 1. The summed E-state index contributed by atoms with van der Waals surface area (Å²) in [4.78, 5) is 4.42. The SMILES string of the molecule is CN=C(NCCNS(=O)(=O)c1ccc(C)cc1)NCc1oc2ccccc2c1C.I. The quantitative estimate of drug-likeness (QED) is 0.184. The Morgan fingerprint density at radius 3 is 2.37 bits per heavy atom. The molecule has 30 heavy (non-hydrogen) atoms. The molecule has 3 aromatic rings. The Morgan fingerprint density at radius 2 is 1.70 bits per heavy atom. The van der Waals surface area contributed by atoms with Gasteiger partial charge in [-0.15, -0.1) is 24.0 Å².